The van der Waals surface area contributed by atoms with E-state index in [1.807, 2.05) is 6.07 Å². The second-order valence-corrected chi connectivity index (χ2v) is 5.27. The number of hydrogen-bond donors (Lipinski definition) is 1. The Balaban J connectivity index is 2.09. The summed E-state index contributed by atoms with van der Waals surface area (Å²) < 4.78 is 43.6. The van der Waals surface area contributed by atoms with E-state index in [-0.39, 0.29) is 18.9 Å². The Labute approximate surface area is 121 Å². The number of halogens is 3. The number of methoxy groups -OCH3 is 1. The molecule has 0 bridgehead atoms. The van der Waals surface area contributed by atoms with E-state index in [2.05, 4.69) is 5.32 Å². The van der Waals surface area contributed by atoms with Gasteiger partial charge in [-0.15, -0.1) is 0 Å². The van der Waals surface area contributed by atoms with Crippen LogP contribution in [0.5, 0.6) is 5.75 Å². The molecule has 114 valence electrons. The molecule has 0 saturated heterocycles. The van der Waals surface area contributed by atoms with Gasteiger partial charge in [0.05, 0.1) is 30.3 Å². The van der Waals surface area contributed by atoms with Gasteiger partial charge < -0.3 is 10.1 Å². The van der Waals surface area contributed by atoms with Crippen LogP contribution in [-0.2, 0) is 0 Å². The van der Waals surface area contributed by atoms with E-state index in [0.717, 1.165) is 0 Å². The van der Waals surface area contributed by atoms with Crippen molar-refractivity contribution in [3.63, 3.8) is 0 Å². The quantitative estimate of drug-likeness (QED) is 0.913. The highest BCUT2D eigenvalue weighted by molar-refractivity contribution is 5.60. The minimum atomic E-state index is -4.13. The monoisotopic (exact) mass is 298 g/mol. The lowest BCUT2D eigenvalue weighted by Gasteiger charge is -2.32. The van der Waals surface area contributed by atoms with Crippen LogP contribution < -0.4 is 10.1 Å². The summed E-state index contributed by atoms with van der Waals surface area (Å²) in [5.41, 5.74) is 1.08. The van der Waals surface area contributed by atoms with Gasteiger partial charge in [-0.1, -0.05) is 6.42 Å². The molecule has 1 N–H and O–H groups in total. The molecule has 2 unspecified atom stereocenters. The molecule has 1 aliphatic carbocycles. The fourth-order valence-corrected chi connectivity index (χ4v) is 2.72. The van der Waals surface area contributed by atoms with Crippen molar-refractivity contribution < 1.29 is 17.9 Å². The van der Waals surface area contributed by atoms with Crippen molar-refractivity contribution in [3.05, 3.63) is 23.8 Å². The summed E-state index contributed by atoms with van der Waals surface area (Å²) in [4.78, 5) is 0. The maximum absolute atomic E-state index is 12.8. The zero-order chi connectivity index (χ0) is 15.5. The number of rotatable bonds is 3. The summed E-state index contributed by atoms with van der Waals surface area (Å²) in [5.74, 6) is -0.767. The molecule has 21 heavy (non-hydrogen) atoms. The summed E-state index contributed by atoms with van der Waals surface area (Å²) in [7, 11) is 1.47. The average Bonchev–Trinajstić information content (AvgIpc) is 2.47. The number of nitriles is 1. The molecule has 1 fully saturated rings. The molecule has 0 amide bonds. The molecule has 0 spiro atoms. The van der Waals surface area contributed by atoms with E-state index in [4.69, 9.17) is 10.00 Å². The van der Waals surface area contributed by atoms with Crippen LogP contribution in [0.4, 0.5) is 18.9 Å². The van der Waals surface area contributed by atoms with Crippen molar-refractivity contribution in [1.29, 1.82) is 5.26 Å². The van der Waals surface area contributed by atoms with Gasteiger partial charge in [0.1, 0.15) is 5.75 Å². The molecule has 0 aliphatic heterocycles. The van der Waals surface area contributed by atoms with Gasteiger partial charge in [0.2, 0.25) is 0 Å². The molecule has 0 radical (unpaired) electrons. The van der Waals surface area contributed by atoms with E-state index in [0.29, 0.717) is 29.8 Å². The number of ether oxygens (including phenoxy) is 1. The van der Waals surface area contributed by atoms with Crippen molar-refractivity contribution in [3.8, 4) is 11.8 Å². The fourth-order valence-electron chi connectivity index (χ4n) is 2.72. The van der Waals surface area contributed by atoms with Crippen LogP contribution in [-0.4, -0.2) is 19.3 Å². The van der Waals surface area contributed by atoms with Crippen LogP contribution in [0.15, 0.2) is 18.2 Å². The number of anilines is 1. The Morgan fingerprint density at radius 1 is 1.33 bits per heavy atom. The summed E-state index contributed by atoms with van der Waals surface area (Å²) in [5, 5.41) is 12.0. The first-order valence-corrected chi connectivity index (χ1v) is 6.85. The van der Waals surface area contributed by atoms with Gasteiger partial charge in [0.15, 0.2) is 0 Å². The third-order valence-corrected chi connectivity index (χ3v) is 3.83. The van der Waals surface area contributed by atoms with Gasteiger partial charge in [0.25, 0.3) is 0 Å². The molecule has 0 aromatic heterocycles. The number of alkyl halides is 3. The molecular formula is C15H17F3N2O. The van der Waals surface area contributed by atoms with Gasteiger partial charge in [-0.3, -0.25) is 0 Å². The minimum Gasteiger partial charge on any atom is -0.495 e. The smallest absolute Gasteiger partial charge is 0.391 e. The second-order valence-electron chi connectivity index (χ2n) is 5.27. The normalized spacial score (nSPS) is 22.4. The van der Waals surface area contributed by atoms with Crippen LogP contribution >= 0.6 is 0 Å². The Morgan fingerprint density at radius 3 is 2.71 bits per heavy atom. The zero-order valence-corrected chi connectivity index (χ0v) is 11.7. The van der Waals surface area contributed by atoms with Gasteiger partial charge >= 0.3 is 6.18 Å². The number of hydrogen-bond acceptors (Lipinski definition) is 3. The third-order valence-electron chi connectivity index (χ3n) is 3.83. The van der Waals surface area contributed by atoms with Crippen molar-refractivity contribution in [1.82, 2.24) is 0 Å². The second kappa shape index (κ2) is 6.25. The van der Waals surface area contributed by atoms with E-state index < -0.39 is 12.1 Å². The van der Waals surface area contributed by atoms with Crippen LogP contribution in [0, 0.1) is 17.2 Å². The topological polar surface area (TPSA) is 45.0 Å². The summed E-state index contributed by atoms with van der Waals surface area (Å²) in [6, 6.07) is 6.64. The standard InChI is InChI=1S/C15H17F3N2O/c1-21-14-7-10(9-19)5-6-13(14)20-12-4-2-3-11(8-12)15(16,17)18/h5-7,11-12,20H,2-4,8H2,1H3. The Kier molecular flexibility index (Phi) is 4.61. The molecule has 6 heteroatoms. The van der Waals surface area contributed by atoms with E-state index in [1.54, 1.807) is 18.2 Å². The lowest BCUT2D eigenvalue weighted by atomic mass is 9.85. The lowest BCUT2D eigenvalue weighted by molar-refractivity contribution is -0.182. The van der Waals surface area contributed by atoms with Crippen LogP contribution in [0.25, 0.3) is 0 Å². The van der Waals surface area contributed by atoms with Crippen molar-refractivity contribution in [2.75, 3.05) is 12.4 Å². The molecule has 1 aliphatic rings. The van der Waals surface area contributed by atoms with Gasteiger partial charge in [-0.25, -0.2) is 0 Å². The molecule has 1 aromatic carbocycles. The van der Waals surface area contributed by atoms with Crippen LogP contribution in [0.1, 0.15) is 31.2 Å². The molecule has 1 saturated carbocycles. The largest absolute Gasteiger partial charge is 0.495 e. The van der Waals surface area contributed by atoms with Gasteiger partial charge in [-0.05, 0) is 31.4 Å². The fraction of sp³-hybridized carbons (Fsp3) is 0.533. The first-order chi connectivity index (χ1) is 9.94. The first-order valence-electron chi connectivity index (χ1n) is 6.85. The predicted molar refractivity (Wildman–Crippen MR) is 73.1 cm³/mol. The van der Waals surface area contributed by atoms with Gasteiger partial charge in [-0.2, -0.15) is 18.4 Å². The van der Waals surface area contributed by atoms with E-state index in [1.165, 1.54) is 7.11 Å². The molecule has 1 aromatic rings. The molecular weight excluding hydrogens is 281 g/mol. The lowest BCUT2D eigenvalue weighted by Crippen LogP contribution is -2.34. The predicted octanol–water partition coefficient (Wildman–Crippen LogP) is 4.10. The maximum atomic E-state index is 12.8. The number of benzene rings is 1. The highest BCUT2D eigenvalue weighted by Crippen LogP contribution is 2.39. The first kappa shape index (κ1) is 15.5. The van der Waals surface area contributed by atoms with Crippen LogP contribution in [0.3, 0.4) is 0 Å². The Bertz CT molecular complexity index is 537. The summed E-state index contributed by atoms with van der Waals surface area (Å²) >= 11 is 0. The van der Waals surface area contributed by atoms with E-state index >= 15 is 0 Å². The molecule has 2 atom stereocenters. The average molecular weight is 298 g/mol. The van der Waals surface area contributed by atoms with E-state index in [9.17, 15) is 13.2 Å². The maximum Gasteiger partial charge on any atom is 0.391 e. The summed E-state index contributed by atoms with van der Waals surface area (Å²) in [6.45, 7) is 0. The van der Waals surface area contributed by atoms with Crippen molar-refractivity contribution in [2.24, 2.45) is 5.92 Å². The Hall–Kier alpha value is -1.90. The number of nitrogens with zero attached hydrogens (tertiary/aromatic N) is 1. The van der Waals surface area contributed by atoms with Crippen molar-refractivity contribution >= 4 is 5.69 Å². The van der Waals surface area contributed by atoms with Crippen LogP contribution in [0.2, 0.25) is 0 Å². The Morgan fingerprint density at radius 2 is 2.10 bits per heavy atom. The third kappa shape index (κ3) is 3.81. The molecule has 2 rings (SSSR count). The molecule has 3 nitrogen and oxygen atoms in total. The summed E-state index contributed by atoms with van der Waals surface area (Å²) in [6.07, 6.45) is -2.59. The SMILES string of the molecule is COc1cc(C#N)ccc1NC1CCCC(C(F)(F)F)C1. The highest BCUT2D eigenvalue weighted by atomic mass is 19.4. The zero-order valence-electron chi connectivity index (χ0n) is 11.7. The van der Waals surface area contributed by atoms with Crippen molar-refractivity contribution in [2.45, 2.75) is 37.9 Å². The van der Waals surface area contributed by atoms with Gasteiger partial charge in [0, 0.05) is 12.1 Å². The highest BCUT2D eigenvalue weighted by Gasteiger charge is 2.42. The molecule has 0 heterocycles. The number of nitrogens with one attached hydrogen (secondary N) is 1. The minimum absolute atomic E-state index is 0.0760.